The van der Waals surface area contributed by atoms with Gasteiger partial charge in [-0.25, -0.2) is 0 Å². The Labute approximate surface area is 101 Å². The van der Waals surface area contributed by atoms with Crippen LogP contribution >= 0.6 is 11.8 Å². The molecular formula is C12H21NO2S. The molecule has 3 unspecified atom stereocenters. The first kappa shape index (κ1) is 12.2. The van der Waals surface area contributed by atoms with E-state index >= 15 is 0 Å². The Hall–Kier alpha value is -0.220. The Morgan fingerprint density at radius 2 is 2.12 bits per heavy atom. The number of nitrogens with one attached hydrogen (secondary N) is 1. The molecule has 0 radical (unpaired) electrons. The first-order valence-corrected chi connectivity index (χ1v) is 7.43. The van der Waals surface area contributed by atoms with Crippen LogP contribution in [0.2, 0.25) is 0 Å². The number of hydrogen-bond acceptors (Lipinski definition) is 3. The molecule has 3 atom stereocenters. The minimum atomic E-state index is 0.230. The molecule has 1 saturated heterocycles. The van der Waals surface area contributed by atoms with Gasteiger partial charge in [-0.1, -0.05) is 6.42 Å². The summed E-state index contributed by atoms with van der Waals surface area (Å²) < 4.78 is 0. The van der Waals surface area contributed by atoms with Crippen LogP contribution in [0.3, 0.4) is 0 Å². The van der Waals surface area contributed by atoms with Crippen LogP contribution in [0.15, 0.2) is 0 Å². The molecule has 92 valence electrons. The Balaban J connectivity index is 1.71. The third kappa shape index (κ3) is 2.92. The molecule has 3 nitrogen and oxygen atoms in total. The van der Waals surface area contributed by atoms with Gasteiger partial charge in [-0.3, -0.25) is 4.79 Å². The average molecular weight is 243 g/mol. The van der Waals surface area contributed by atoms with E-state index in [4.69, 9.17) is 0 Å². The summed E-state index contributed by atoms with van der Waals surface area (Å²) in [7, 11) is 0. The monoisotopic (exact) mass is 243 g/mol. The van der Waals surface area contributed by atoms with E-state index in [-0.39, 0.29) is 18.4 Å². The van der Waals surface area contributed by atoms with Crippen LogP contribution in [0.5, 0.6) is 0 Å². The molecule has 2 aliphatic rings. The van der Waals surface area contributed by atoms with Crippen molar-refractivity contribution in [1.29, 1.82) is 0 Å². The van der Waals surface area contributed by atoms with Gasteiger partial charge in [-0.2, -0.15) is 11.8 Å². The number of thioether (sulfide) groups is 1. The van der Waals surface area contributed by atoms with Crippen molar-refractivity contribution in [2.45, 2.75) is 25.7 Å². The summed E-state index contributed by atoms with van der Waals surface area (Å²) in [4.78, 5) is 11.8. The van der Waals surface area contributed by atoms with E-state index in [1.54, 1.807) is 0 Å². The van der Waals surface area contributed by atoms with Crippen LogP contribution in [0.1, 0.15) is 25.7 Å². The molecule has 1 aliphatic heterocycles. The summed E-state index contributed by atoms with van der Waals surface area (Å²) in [5.41, 5.74) is 0. The zero-order chi connectivity index (χ0) is 11.4. The molecule has 1 heterocycles. The van der Waals surface area contributed by atoms with E-state index in [0.29, 0.717) is 11.8 Å². The molecule has 1 amide bonds. The highest BCUT2D eigenvalue weighted by Gasteiger charge is 2.28. The Morgan fingerprint density at radius 1 is 1.31 bits per heavy atom. The highest BCUT2D eigenvalue weighted by molar-refractivity contribution is 7.99. The van der Waals surface area contributed by atoms with Gasteiger partial charge in [0.2, 0.25) is 5.91 Å². The number of carbonyl (C=O) groups excluding carboxylic acids is 1. The van der Waals surface area contributed by atoms with Crippen LogP contribution in [0, 0.1) is 17.8 Å². The molecule has 4 heteroatoms. The minimum absolute atomic E-state index is 0.230. The molecule has 0 aromatic heterocycles. The van der Waals surface area contributed by atoms with E-state index in [2.05, 4.69) is 5.32 Å². The number of aliphatic hydroxyl groups is 1. The summed E-state index contributed by atoms with van der Waals surface area (Å²) in [5.74, 6) is 3.49. The van der Waals surface area contributed by atoms with Crippen LogP contribution in [-0.4, -0.2) is 35.7 Å². The van der Waals surface area contributed by atoms with Crippen molar-refractivity contribution in [1.82, 2.24) is 5.32 Å². The molecule has 2 N–H and O–H groups in total. The summed E-state index contributed by atoms with van der Waals surface area (Å²) in [6, 6.07) is 0. The highest BCUT2D eigenvalue weighted by atomic mass is 32.2. The van der Waals surface area contributed by atoms with Gasteiger partial charge in [0.1, 0.15) is 0 Å². The Kier molecular flexibility index (Phi) is 4.53. The lowest BCUT2D eigenvalue weighted by atomic mass is 9.96. The fourth-order valence-electron chi connectivity index (χ4n) is 2.74. The van der Waals surface area contributed by atoms with E-state index in [1.165, 1.54) is 6.42 Å². The topological polar surface area (TPSA) is 49.3 Å². The summed E-state index contributed by atoms with van der Waals surface area (Å²) in [5, 5.41) is 12.3. The first-order valence-electron chi connectivity index (χ1n) is 6.27. The van der Waals surface area contributed by atoms with Crippen LogP contribution < -0.4 is 5.32 Å². The van der Waals surface area contributed by atoms with Crippen molar-refractivity contribution in [3.05, 3.63) is 0 Å². The molecule has 16 heavy (non-hydrogen) atoms. The number of hydrogen-bond donors (Lipinski definition) is 2. The lowest BCUT2D eigenvalue weighted by Crippen LogP contribution is -2.35. The molecule has 2 fully saturated rings. The van der Waals surface area contributed by atoms with Crippen LogP contribution in [-0.2, 0) is 4.79 Å². The Bertz CT molecular complexity index is 241. The standard InChI is InChI=1S/C12H21NO2S/c14-7-10-3-1-2-9(10)6-13-12(15)11-4-5-16-8-11/h9-11,14H,1-8H2,(H,13,15). The first-order chi connectivity index (χ1) is 7.81. The fraction of sp³-hybridized carbons (Fsp3) is 0.917. The zero-order valence-corrected chi connectivity index (χ0v) is 10.5. The fourth-order valence-corrected chi connectivity index (χ4v) is 3.96. The maximum atomic E-state index is 11.8. The van der Waals surface area contributed by atoms with Gasteiger partial charge >= 0.3 is 0 Å². The van der Waals surface area contributed by atoms with Crippen molar-refractivity contribution >= 4 is 17.7 Å². The summed E-state index contributed by atoms with van der Waals surface area (Å²) in [6.45, 7) is 1.05. The molecule has 2 rings (SSSR count). The quantitative estimate of drug-likeness (QED) is 0.781. The average Bonchev–Trinajstić information content (AvgIpc) is 2.96. The van der Waals surface area contributed by atoms with E-state index < -0.39 is 0 Å². The third-order valence-electron chi connectivity index (χ3n) is 3.89. The van der Waals surface area contributed by atoms with Gasteiger partial charge < -0.3 is 10.4 Å². The Morgan fingerprint density at radius 3 is 2.81 bits per heavy atom. The maximum absolute atomic E-state index is 11.8. The van der Waals surface area contributed by atoms with Crippen molar-refractivity contribution in [3.63, 3.8) is 0 Å². The maximum Gasteiger partial charge on any atom is 0.223 e. The predicted molar refractivity (Wildman–Crippen MR) is 66.4 cm³/mol. The SMILES string of the molecule is O=C(NCC1CCCC1CO)C1CCSC1. The van der Waals surface area contributed by atoms with Crippen LogP contribution in [0.25, 0.3) is 0 Å². The number of carbonyl (C=O) groups is 1. The second-order valence-electron chi connectivity index (χ2n) is 4.94. The van der Waals surface area contributed by atoms with Gasteiger partial charge in [0.25, 0.3) is 0 Å². The van der Waals surface area contributed by atoms with E-state index in [9.17, 15) is 9.90 Å². The van der Waals surface area contributed by atoms with E-state index in [0.717, 1.165) is 37.3 Å². The van der Waals surface area contributed by atoms with Gasteiger partial charge in [-0.05, 0) is 36.9 Å². The van der Waals surface area contributed by atoms with Crippen molar-refractivity contribution in [2.75, 3.05) is 24.7 Å². The number of rotatable bonds is 4. The zero-order valence-electron chi connectivity index (χ0n) is 9.65. The lowest BCUT2D eigenvalue weighted by molar-refractivity contribution is -0.124. The van der Waals surface area contributed by atoms with Crippen molar-refractivity contribution in [2.24, 2.45) is 17.8 Å². The molecule has 1 aliphatic carbocycles. The largest absolute Gasteiger partial charge is 0.396 e. The van der Waals surface area contributed by atoms with Crippen molar-refractivity contribution in [3.8, 4) is 0 Å². The molecule has 0 aromatic carbocycles. The molecule has 0 aromatic rings. The second kappa shape index (κ2) is 5.92. The normalized spacial score (nSPS) is 34.2. The third-order valence-corrected chi connectivity index (χ3v) is 5.05. The minimum Gasteiger partial charge on any atom is -0.396 e. The van der Waals surface area contributed by atoms with Gasteiger partial charge in [0.05, 0.1) is 0 Å². The lowest BCUT2D eigenvalue weighted by Gasteiger charge is -2.19. The van der Waals surface area contributed by atoms with Gasteiger partial charge in [0, 0.05) is 24.8 Å². The molecule has 0 spiro atoms. The molecule has 1 saturated carbocycles. The molecular weight excluding hydrogens is 222 g/mol. The number of aliphatic hydroxyl groups excluding tert-OH is 1. The number of amides is 1. The van der Waals surface area contributed by atoms with Crippen molar-refractivity contribution < 1.29 is 9.90 Å². The molecule has 0 bridgehead atoms. The van der Waals surface area contributed by atoms with Crippen LogP contribution in [0.4, 0.5) is 0 Å². The summed E-state index contributed by atoms with van der Waals surface area (Å²) >= 11 is 1.87. The van der Waals surface area contributed by atoms with Gasteiger partial charge in [0.15, 0.2) is 0 Å². The predicted octanol–water partition coefficient (Wildman–Crippen LogP) is 1.26. The smallest absolute Gasteiger partial charge is 0.223 e. The van der Waals surface area contributed by atoms with Gasteiger partial charge in [-0.15, -0.1) is 0 Å². The summed E-state index contributed by atoms with van der Waals surface area (Å²) in [6.07, 6.45) is 4.51. The highest BCUT2D eigenvalue weighted by Crippen LogP contribution is 2.31. The van der Waals surface area contributed by atoms with E-state index in [1.807, 2.05) is 11.8 Å². The second-order valence-corrected chi connectivity index (χ2v) is 6.09.